The number of nitrogens with zero attached hydrogens (tertiary/aromatic N) is 1. The van der Waals surface area contributed by atoms with E-state index in [0.717, 1.165) is 31.4 Å². The minimum absolute atomic E-state index is 0.0534. The van der Waals surface area contributed by atoms with Crippen LogP contribution in [0, 0.1) is 0 Å². The van der Waals surface area contributed by atoms with Crippen molar-refractivity contribution in [3.63, 3.8) is 0 Å². The highest BCUT2D eigenvalue weighted by molar-refractivity contribution is 6.36. The third kappa shape index (κ3) is 2.46. The lowest BCUT2D eigenvalue weighted by molar-refractivity contribution is -0.149. The average molecular weight is 270 g/mol. The monoisotopic (exact) mass is 270 g/mol. The molecule has 1 unspecified atom stereocenters. The van der Waals surface area contributed by atoms with Gasteiger partial charge in [0.05, 0.1) is 6.04 Å². The Bertz CT molecular complexity index is 551. The van der Waals surface area contributed by atoms with Crippen LogP contribution in [0.15, 0.2) is 42.1 Å². The fourth-order valence-corrected chi connectivity index (χ4v) is 2.93. The first kappa shape index (κ1) is 12.9. The number of carbonyl (C=O) groups excluding carboxylic acids is 2. The van der Waals surface area contributed by atoms with Gasteiger partial charge in [-0.1, -0.05) is 36.4 Å². The van der Waals surface area contributed by atoms with E-state index in [4.69, 9.17) is 0 Å². The third-order valence-corrected chi connectivity index (χ3v) is 3.98. The Balaban J connectivity index is 1.75. The Morgan fingerprint density at radius 3 is 2.80 bits per heavy atom. The summed E-state index contributed by atoms with van der Waals surface area (Å²) in [6, 6.07) is 10.1. The molecule has 1 N–H and O–H groups in total. The molecule has 1 aliphatic heterocycles. The van der Waals surface area contributed by atoms with Crippen LogP contribution in [-0.2, 0) is 16.0 Å². The van der Waals surface area contributed by atoms with Gasteiger partial charge in [0.2, 0.25) is 0 Å². The van der Waals surface area contributed by atoms with E-state index >= 15 is 0 Å². The van der Waals surface area contributed by atoms with Crippen LogP contribution in [0.4, 0.5) is 0 Å². The molecular weight excluding hydrogens is 252 g/mol. The maximum absolute atomic E-state index is 12.1. The number of benzene rings is 1. The first-order valence-corrected chi connectivity index (χ1v) is 7.11. The number of hydrogen-bond donors (Lipinski definition) is 1. The van der Waals surface area contributed by atoms with Crippen LogP contribution in [0.3, 0.4) is 0 Å². The number of piperazine rings is 1. The van der Waals surface area contributed by atoms with Crippen LogP contribution in [0.25, 0.3) is 0 Å². The summed E-state index contributed by atoms with van der Waals surface area (Å²) in [5.74, 6) is -0.896. The molecular formula is C16H18N2O2. The maximum Gasteiger partial charge on any atom is 0.313 e. The van der Waals surface area contributed by atoms with Crippen LogP contribution < -0.4 is 5.32 Å². The van der Waals surface area contributed by atoms with Gasteiger partial charge < -0.3 is 10.2 Å². The number of hydrogen-bond acceptors (Lipinski definition) is 2. The summed E-state index contributed by atoms with van der Waals surface area (Å²) in [5.41, 5.74) is 2.10. The third-order valence-electron chi connectivity index (χ3n) is 3.98. The van der Waals surface area contributed by atoms with E-state index in [2.05, 4.69) is 5.32 Å². The lowest BCUT2D eigenvalue weighted by atomic mass is 9.95. The van der Waals surface area contributed by atoms with Crippen LogP contribution in [0.5, 0.6) is 0 Å². The second-order valence-electron chi connectivity index (χ2n) is 5.29. The molecule has 1 fully saturated rings. The zero-order chi connectivity index (χ0) is 13.9. The first-order valence-electron chi connectivity index (χ1n) is 7.11. The molecule has 0 bridgehead atoms. The van der Waals surface area contributed by atoms with Gasteiger partial charge >= 0.3 is 11.8 Å². The fraction of sp³-hybridized carbons (Fsp3) is 0.375. The Morgan fingerprint density at radius 2 is 2.00 bits per heavy atom. The largest absolute Gasteiger partial charge is 0.326 e. The lowest BCUT2D eigenvalue weighted by Crippen LogP contribution is -2.57. The number of rotatable bonds is 3. The predicted octanol–water partition coefficient (Wildman–Crippen LogP) is 1.62. The Kier molecular flexibility index (Phi) is 3.54. The van der Waals surface area contributed by atoms with Gasteiger partial charge in [0.15, 0.2) is 0 Å². The molecule has 0 aromatic heterocycles. The Morgan fingerprint density at radius 1 is 1.20 bits per heavy atom. The Hall–Kier alpha value is -2.10. The topological polar surface area (TPSA) is 49.4 Å². The molecule has 20 heavy (non-hydrogen) atoms. The molecule has 1 aromatic rings. The second-order valence-corrected chi connectivity index (χ2v) is 5.29. The van der Waals surface area contributed by atoms with E-state index in [-0.39, 0.29) is 6.04 Å². The molecule has 1 atom stereocenters. The van der Waals surface area contributed by atoms with E-state index in [0.29, 0.717) is 6.54 Å². The van der Waals surface area contributed by atoms with Gasteiger partial charge in [0.1, 0.15) is 0 Å². The predicted molar refractivity (Wildman–Crippen MR) is 75.7 cm³/mol. The summed E-state index contributed by atoms with van der Waals surface area (Å²) < 4.78 is 0. The van der Waals surface area contributed by atoms with Crippen molar-refractivity contribution in [2.45, 2.75) is 31.7 Å². The molecule has 1 saturated heterocycles. The van der Waals surface area contributed by atoms with Gasteiger partial charge in [0.25, 0.3) is 0 Å². The van der Waals surface area contributed by atoms with Crippen LogP contribution >= 0.6 is 0 Å². The summed E-state index contributed by atoms with van der Waals surface area (Å²) in [5, 5.41) is 2.73. The van der Waals surface area contributed by atoms with E-state index < -0.39 is 11.8 Å². The van der Waals surface area contributed by atoms with Crippen molar-refractivity contribution in [3.8, 4) is 0 Å². The van der Waals surface area contributed by atoms with Crippen molar-refractivity contribution < 1.29 is 9.59 Å². The molecule has 0 spiro atoms. The zero-order valence-corrected chi connectivity index (χ0v) is 11.3. The molecule has 0 saturated carbocycles. The minimum Gasteiger partial charge on any atom is -0.326 e. The number of fused-ring (bicyclic) bond motifs is 1. The van der Waals surface area contributed by atoms with Crippen molar-refractivity contribution in [3.05, 3.63) is 47.7 Å². The fourth-order valence-electron chi connectivity index (χ4n) is 2.93. The van der Waals surface area contributed by atoms with Crippen LogP contribution in [0.2, 0.25) is 0 Å². The van der Waals surface area contributed by atoms with Crippen molar-refractivity contribution >= 4 is 11.8 Å². The van der Waals surface area contributed by atoms with Crippen LogP contribution in [0.1, 0.15) is 24.8 Å². The standard InChI is InChI=1S/C16H18N2O2/c19-15-16(20)18(11-10-12-6-2-1-3-7-12)14-9-5-4-8-13(14)17-15/h1-3,6-8,14H,4-5,9-11H2,(H,17,19). The van der Waals surface area contributed by atoms with Gasteiger partial charge in [-0.25, -0.2) is 0 Å². The van der Waals surface area contributed by atoms with Crippen LogP contribution in [-0.4, -0.2) is 29.3 Å². The molecule has 4 heteroatoms. The minimum atomic E-state index is -0.498. The molecule has 4 nitrogen and oxygen atoms in total. The summed E-state index contributed by atoms with van der Waals surface area (Å²) >= 11 is 0. The molecule has 3 rings (SSSR count). The van der Waals surface area contributed by atoms with Gasteiger partial charge in [-0.2, -0.15) is 0 Å². The van der Waals surface area contributed by atoms with Crippen molar-refractivity contribution in [2.75, 3.05) is 6.54 Å². The maximum atomic E-state index is 12.1. The molecule has 1 heterocycles. The number of allylic oxidation sites excluding steroid dienone is 1. The summed E-state index contributed by atoms with van der Waals surface area (Å²) in [6.07, 6.45) is 5.82. The molecule has 2 aliphatic rings. The first-order chi connectivity index (χ1) is 9.75. The smallest absolute Gasteiger partial charge is 0.313 e. The van der Waals surface area contributed by atoms with E-state index in [1.54, 1.807) is 4.90 Å². The highest BCUT2D eigenvalue weighted by Gasteiger charge is 2.37. The molecule has 1 aliphatic carbocycles. The summed E-state index contributed by atoms with van der Waals surface area (Å²) in [4.78, 5) is 25.5. The van der Waals surface area contributed by atoms with E-state index in [1.165, 1.54) is 5.56 Å². The average Bonchev–Trinajstić information content (AvgIpc) is 2.49. The number of carbonyl (C=O) groups is 2. The van der Waals surface area contributed by atoms with Gasteiger partial charge in [0, 0.05) is 12.2 Å². The summed E-state index contributed by atoms with van der Waals surface area (Å²) in [7, 11) is 0. The van der Waals surface area contributed by atoms with Gasteiger partial charge in [-0.05, 0) is 31.2 Å². The lowest BCUT2D eigenvalue weighted by Gasteiger charge is -2.39. The normalized spacial score (nSPS) is 22.1. The molecule has 0 radical (unpaired) electrons. The molecule has 1 aromatic carbocycles. The zero-order valence-electron chi connectivity index (χ0n) is 11.3. The van der Waals surface area contributed by atoms with Gasteiger partial charge in [-0.3, -0.25) is 9.59 Å². The number of amides is 2. The van der Waals surface area contributed by atoms with Gasteiger partial charge in [-0.15, -0.1) is 0 Å². The van der Waals surface area contributed by atoms with E-state index in [9.17, 15) is 9.59 Å². The van der Waals surface area contributed by atoms with Crippen molar-refractivity contribution in [1.82, 2.24) is 10.2 Å². The highest BCUT2D eigenvalue weighted by Crippen LogP contribution is 2.25. The SMILES string of the molecule is O=C1NC2=CCCCC2N(CCc2ccccc2)C1=O. The van der Waals surface area contributed by atoms with E-state index in [1.807, 2.05) is 36.4 Å². The number of nitrogens with one attached hydrogen (secondary N) is 1. The van der Waals surface area contributed by atoms with Crippen molar-refractivity contribution in [2.24, 2.45) is 0 Å². The molecule has 2 amide bonds. The quantitative estimate of drug-likeness (QED) is 0.849. The summed E-state index contributed by atoms with van der Waals surface area (Å²) in [6.45, 7) is 0.596. The molecule has 104 valence electrons. The second kappa shape index (κ2) is 5.49. The van der Waals surface area contributed by atoms with Crippen molar-refractivity contribution in [1.29, 1.82) is 0 Å². The Labute approximate surface area is 118 Å². The highest BCUT2D eigenvalue weighted by atomic mass is 16.2.